The summed E-state index contributed by atoms with van der Waals surface area (Å²) in [6.07, 6.45) is 0.745. The molecule has 0 saturated carbocycles. The number of carboxylic acid groups (broad SMARTS) is 1. The van der Waals surface area contributed by atoms with Gasteiger partial charge in [-0.25, -0.2) is 9.78 Å². The molecule has 2 heterocycles. The first-order chi connectivity index (χ1) is 8.20. The summed E-state index contributed by atoms with van der Waals surface area (Å²) in [4.78, 5) is 26.7. The van der Waals surface area contributed by atoms with Crippen LogP contribution in [0.15, 0.2) is 10.6 Å². The average Bonchev–Trinajstić information content (AvgIpc) is 2.78. The van der Waals surface area contributed by atoms with Crippen molar-refractivity contribution in [2.45, 2.75) is 25.3 Å². The lowest BCUT2D eigenvalue weighted by Crippen LogP contribution is -2.36. The van der Waals surface area contributed by atoms with Crippen LogP contribution in [0.3, 0.4) is 0 Å². The molecule has 1 aromatic heterocycles. The lowest BCUT2D eigenvalue weighted by atomic mass is 9.98. The fraction of sp³-hybridized carbons (Fsp3) is 0.600. The van der Waals surface area contributed by atoms with Crippen molar-refractivity contribution in [2.24, 2.45) is 5.18 Å². The summed E-state index contributed by atoms with van der Waals surface area (Å²) in [6.45, 7) is 1.23. The summed E-state index contributed by atoms with van der Waals surface area (Å²) >= 11 is 1.53. The Bertz CT molecular complexity index is 413. The molecule has 0 bridgehead atoms. The van der Waals surface area contributed by atoms with E-state index in [1.165, 1.54) is 16.2 Å². The predicted octanol–water partition coefficient (Wildman–Crippen LogP) is 2.27. The highest BCUT2D eigenvalue weighted by molar-refractivity contribution is 7.09. The van der Waals surface area contributed by atoms with Gasteiger partial charge in [0.05, 0.1) is 10.7 Å². The number of carbonyl (C=O) groups is 1. The molecule has 1 saturated heterocycles. The van der Waals surface area contributed by atoms with Gasteiger partial charge in [0.25, 0.3) is 0 Å². The molecule has 0 aliphatic carbocycles. The molecule has 1 aromatic rings. The van der Waals surface area contributed by atoms with Gasteiger partial charge in [0.15, 0.2) is 0 Å². The molecule has 0 atom stereocenters. The average molecular weight is 255 g/mol. The van der Waals surface area contributed by atoms with Crippen molar-refractivity contribution >= 4 is 17.4 Å². The molecule has 17 heavy (non-hydrogen) atoms. The summed E-state index contributed by atoms with van der Waals surface area (Å²) in [5.74, 6) is 0.316. The van der Waals surface area contributed by atoms with Gasteiger partial charge in [-0.15, -0.1) is 11.3 Å². The van der Waals surface area contributed by atoms with Crippen LogP contribution in [0.25, 0.3) is 0 Å². The van der Waals surface area contributed by atoms with Gasteiger partial charge in [-0.3, -0.25) is 0 Å². The van der Waals surface area contributed by atoms with Gasteiger partial charge in [-0.1, -0.05) is 5.18 Å². The van der Waals surface area contributed by atoms with E-state index in [1.54, 1.807) is 0 Å². The Kier molecular flexibility index (Phi) is 3.68. The van der Waals surface area contributed by atoms with Crippen LogP contribution >= 0.6 is 11.3 Å². The van der Waals surface area contributed by atoms with Gasteiger partial charge in [-0.2, -0.15) is 4.91 Å². The Morgan fingerprint density at radius 2 is 2.29 bits per heavy atom. The molecule has 1 N–H and O–H groups in total. The minimum absolute atomic E-state index is 0.116. The monoisotopic (exact) mass is 255 g/mol. The molecule has 0 unspecified atom stereocenters. The molecule has 7 heteroatoms. The smallest absolute Gasteiger partial charge is 0.407 e. The van der Waals surface area contributed by atoms with Crippen LogP contribution in [0.1, 0.15) is 29.5 Å². The van der Waals surface area contributed by atoms with Gasteiger partial charge in [0, 0.05) is 24.4 Å². The van der Waals surface area contributed by atoms with Crippen LogP contribution in [0.2, 0.25) is 0 Å². The molecular formula is C10H13N3O3S. The fourth-order valence-corrected chi connectivity index (χ4v) is 2.95. The highest BCUT2D eigenvalue weighted by Crippen LogP contribution is 2.30. The first-order valence-electron chi connectivity index (χ1n) is 5.42. The van der Waals surface area contributed by atoms with Crippen LogP contribution in [-0.4, -0.2) is 34.2 Å². The Hall–Kier alpha value is -1.50. The number of amides is 1. The topological polar surface area (TPSA) is 82.9 Å². The number of thiazole rings is 1. The van der Waals surface area contributed by atoms with Crippen LogP contribution in [0.4, 0.5) is 4.79 Å². The van der Waals surface area contributed by atoms with E-state index in [9.17, 15) is 9.70 Å². The maximum atomic E-state index is 10.8. The van der Waals surface area contributed by atoms with E-state index in [0.29, 0.717) is 24.7 Å². The minimum Gasteiger partial charge on any atom is -0.465 e. The van der Waals surface area contributed by atoms with Gasteiger partial charge in [0.2, 0.25) is 0 Å². The van der Waals surface area contributed by atoms with E-state index in [0.717, 1.165) is 17.8 Å². The molecule has 1 fully saturated rings. The summed E-state index contributed by atoms with van der Waals surface area (Å²) in [5.41, 5.74) is 0.709. The zero-order chi connectivity index (χ0) is 12.3. The van der Waals surface area contributed by atoms with E-state index in [-0.39, 0.29) is 6.54 Å². The van der Waals surface area contributed by atoms with Crippen LogP contribution in [0.5, 0.6) is 0 Å². The van der Waals surface area contributed by atoms with Crippen molar-refractivity contribution in [1.29, 1.82) is 0 Å². The van der Waals surface area contributed by atoms with E-state index >= 15 is 0 Å². The summed E-state index contributed by atoms with van der Waals surface area (Å²) in [6, 6.07) is 0. The zero-order valence-corrected chi connectivity index (χ0v) is 10.0. The van der Waals surface area contributed by atoms with Crippen LogP contribution in [0, 0.1) is 4.91 Å². The number of hydrogen-bond acceptors (Lipinski definition) is 5. The molecular weight excluding hydrogens is 242 g/mol. The van der Waals surface area contributed by atoms with E-state index in [2.05, 4.69) is 10.2 Å². The largest absolute Gasteiger partial charge is 0.465 e. The SMILES string of the molecule is O=NCc1csc(C2CCN(C(=O)O)CC2)n1. The second-order valence-corrected chi connectivity index (χ2v) is 4.90. The molecule has 0 radical (unpaired) electrons. The number of aromatic nitrogens is 1. The summed E-state index contributed by atoms with van der Waals surface area (Å²) in [5, 5.41) is 14.5. The Morgan fingerprint density at radius 3 is 2.88 bits per heavy atom. The lowest BCUT2D eigenvalue weighted by molar-refractivity contribution is 0.132. The summed E-state index contributed by atoms with van der Waals surface area (Å²) in [7, 11) is 0. The second kappa shape index (κ2) is 5.22. The summed E-state index contributed by atoms with van der Waals surface area (Å²) < 4.78 is 0. The first-order valence-corrected chi connectivity index (χ1v) is 6.30. The van der Waals surface area contributed by atoms with Crippen LogP contribution < -0.4 is 0 Å². The first kappa shape index (κ1) is 12.0. The normalized spacial score (nSPS) is 17.1. The third-order valence-corrected chi connectivity index (χ3v) is 3.97. The zero-order valence-electron chi connectivity index (χ0n) is 9.20. The maximum absolute atomic E-state index is 10.8. The number of piperidine rings is 1. The number of rotatable bonds is 3. The fourth-order valence-electron chi connectivity index (χ4n) is 1.97. The third-order valence-electron chi connectivity index (χ3n) is 2.91. The number of nitroso groups, excluding NO2 is 1. The van der Waals surface area contributed by atoms with E-state index in [1.807, 2.05) is 5.38 Å². The third kappa shape index (κ3) is 2.79. The molecule has 1 aliphatic rings. The highest BCUT2D eigenvalue weighted by atomic mass is 32.1. The van der Waals surface area contributed by atoms with Crippen molar-refractivity contribution < 1.29 is 9.90 Å². The van der Waals surface area contributed by atoms with E-state index < -0.39 is 6.09 Å². The Morgan fingerprint density at radius 1 is 1.59 bits per heavy atom. The maximum Gasteiger partial charge on any atom is 0.407 e. The minimum atomic E-state index is -0.853. The molecule has 0 aromatic carbocycles. The number of nitrogens with zero attached hydrogens (tertiary/aromatic N) is 3. The molecule has 92 valence electrons. The molecule has 1 aliphatic heterocycles. The predicted molar refractivity (Wildman–Crippen MR) is 63.2 cm³/mol. The van der Waals surface area contributed by atoms with Crippen molar-refractivity contribution in [3.63, 3.8) is 0 Å². The number of likely N-dealkylation sites (tertiary alicyclic amines) is 1. The van der Waals surface area contributed by atoms with Crippen molar-refractivity contribution in [2.75, 3.05) is 13.1 Å². The van der Waals surface area contributed by atoms with Gasteiger partial charge >= 0.3 is 6.09 Å². The lowest BCUT2D eigenvalue weighted by Gasteiger charge is -2.28. The van der Waals surface area contributed by atoms with Gasteiger partial charge in [0.1, 0.15) is 6.54 Å². The van der Waals surface area contributed by atoms with Crippen LogP contribution in [-0.2, 0) is 6.54 Å². The molecule has 2 rings (SSSR count). The molecule has 0 spiro atoms. The van der Waals surface area contributed by atoms with E-state index in [4.69, 9.17) is 5.11 Å². The Balaban J connectivity index is 1.95. The quantitative estimate of drug-likeness (QED) is 0.840. The highest BCUT2D eigenvalue weighted by Gasteiger charge is 2.25. The second-order valence-electron chi connectivity index (χ2n) is 4.01. The van der Waals surface area contributed by atoms with Gasteiger partial charge < -0.3 is 10.0 Å². The standard InChI is InChI=1S/C10H13N3O3S/c14-10(15)13-3-1-7(2-4-13)9-12-8(5-11-16)6-17-9/h6-7H,1-5H2,(H,14,15). The van der Waals surface area contributed by atoms with Crippen molar-refractivity contribution in [3.8, 4) is 0 Å². The van der Waals surface area contributed by atoms with Gasteiger partial charge in [-0.05, 0) is 12.8 Å². The molecule has 6 nitrogen and oxygen atoms in total. The van der Waals surface area contributed by atoms with Crippen molar-refractivity contribution in [3.05, 3.63) is 21.0 Å². The molecule has 1 amide bonds. The van der Waals surface area contributed by atoms with Crippen molar-refractivity contribution in [1.82, 2.24) is 9.88 Å². The Labute approximate surface area is 102 Å². The number of hydrogen-bond donors (Lipinski definition) is 1.